The van der Waals surface area contributed by atoms with Crippen molar-refractivity contribution < 1.29 is 4.74 Å². The van der Waals surface area contributed by atoms with Crippen LogP contribution in [0.25, 0.3) is 0 Å². The van der Waals surface area contributed by atoms with Crippen molar-refractivity contribution in [1.29, 1.82) is 0 Å². The molecule has 5 nitrogen and oxygen atoms in total. The average molecular weight is 256 g/mol. The fourth-order valence-corrected chi connectivity index (χ4v) is 2.42. The molecule has 1 N–H and O–H groups in total. The van der Waals surface area contributed by atoms with Crippen LogP contribution in [0.1, 0.15) is 25.6 Å². The molecule has 17 heavy (non-hydrogen) atoms. The number of morpholine rings is 1. The molecule has 0 bridgehead atoms. The van der Waals surface area contributed by atoms with E-state index in [9.17, 15) is 0 Å². The Morgan fingerprint density at radius 1 is 1.41 bits per heavy atom. The van der Waals surface area contributed by atoms with Crippen molar-refractivity contribution in [2.45, 2.75) is 19.8 Å². The topological polar surface area (TPSA) is 50.3 Å². The van der Waals surface area contributed by atoms with E-state index < -0.39 is 0 Å². The van der Waals surface area contributed by atoms with Crippen LogP contribution >= 0.6 is 11.5 Å². The normalized spacial score (nSPS) is 17.6. The van der Waals surface area contributed by atoms with Crippen LogP contribution in [0.15, 0.2) is 0 Å². The number of anilines is 1. The first-order valence-electron chi connectivity index (χ1n) is 6.13. The Kier molecular flexibility index (Phi) is 4.70. The molecular weight excluding hydrogens is 236 g/mol. The monoisotopic (exact) mass is 256 g/mol. The molecule has 96 valence electrons. The number of hydrogen-bond donors (Lipinski definition) is 1. The Morgan fingerprint density at radius 3 is 2.82 bits per heavy atom. The lowest BCUT2D eigenvalue weighted by Crippen LogP contribution is -2.38. The molecule has 0 aromatic carbocycles. The minimum atomic E-state index is 0.404. The molecule has 2 rings (SSSR count). The summed E-state index contributed by atoms with van der Waals surface area (Å²) in [4.78, 5) is 6.85. The van der Waals surface area contributed by atoms with Crippen LogP contribution < -0.4 is 5.32 Å². The van der Waals surface area contributed by atoms with Crippen molar-refractivity contribution in [3.8, 4) is 0 Å². The summed E-state index contributed by atoms with van der Waals surface area (Å²) < 4.78 is 9.63. The minimum Gasteiger partial charge on any atom is -0.379 e. The Bertz CT molecular complexity index is 336. The molecule has 0 saturated carbocycles. The number of rotatable bonds is 5. The lowest BCUT2D eigenvalue weighted by molar-refractivity contribution is 0.0398. The first kappa shape index (κ1) is 12.7. The van der Waals surface area contributed by atoms with Gasteiger partial charge in [0.15, 0.2) is 0 Å². The van der Waals surface area contributed by atoms with Crippen LogP contribution in [-0.2, 0) is 4.74 Å². The van der Waals surface area contributed by atoms with E-state index in [-0.39, 0.29) is 0 Å². The Morgan fingerprint density at radius 2 is 2.18 bits per heavy atom. The lowest BCUT2D eigenvalue weighted by atomic mass is 10.2. The fourth-order valence-electron chi connectivity index (χ4n) is 1.69. The number of hydrogen-bond acceptors (Lipinski definition) is 6. The highest BCUT2D eigenvalue weighted by atomic mass is 32.1. The third kappa shape index (κ3) is 3.90. The highest BCUT2D eigenvalue weighted by Gasteiger charge is 2.10. The molecule has 2 heterocycles. The van der Waals surface area contributed by atoms with Gasteiger partial charge in [0, 0.05) is 43.6 Å². The molecule has 1 aliphatic rings. The molecule has 0 spiro atoms. The van der Waals surface area contributed by atoms with Gasteiger partial charge in [-0.15, -0.1) is 0 Å². The first-order chi connectivity index (χ1) is 8.25. The Labute approximate surface area is 106 Å². The summed E-state index contributed by atoms with van der Waals surface area (Å²) in [5.41, 5.74) is 0. The van der Waals surface area contributed by atoms with Gasteiger partial charge in [-0.2, -0.15) is 4.37 Å². The predicted octanol–water partition coefficient (Wildman–Crippen LogP) is 1.41. The summed E-state index contributed by atoms with van der Waals surface area (Å²) in [7, 11) is 0. The van der Waals surface area contributed by atoms with E-state index in [4.69, 9.17) is 4.74 Å². The Hall–Kier alpha value is -0.720. The van der Waals surface area contributed by atoms with Gasteiger partial charge in [0.1, 0.15) is 5.82 Å². The van der Waals surface area contributed by atoms with Gasteiger partial charge in [0.05, 0.1) is 13.2 Å². The molecule has 0 unspecified atom stereocenters. The van der Waals surface area contributed by atoms with Crippen LogP contribution in [0.3, 0.4) is 0 Å². The summed E-state index contributed by atoms with van der Waals surface area (Å²) in [6.07, 6.45) is 0. The molecular formula is C11H20N4OS. The van der Waals surface area contributed by atoms with Gasteiger partial charge in [-0.3, -0.25) is 4.90 Å². The van der Waals surface area contributed by atoms with Crippen LogP contribution in [0.5, 0.6) is 0 Å². The maximum atomic E-state index is 5.31. The van der Waals surface area contributed by atoms with Crippen molar-refractivity contribution in [1.82, 2.24) is 14.3 Å². The standard InChI is InChI=1S/C11H20N4OS/c1-9(2)10-13-11(17-14-10)12-3-4-15-5-7-16-8-6-15/h9H,3-8H2,1-2H3,(H,12,13,14). The van der Waals surface area contributed by atoms with Gasteiger partial charge in [-0.25, -0.2) is 4.98 Å². The maximum Gasteiger partial charge on any atom is 0.202 e. The van der Waals surface area contributed by atoms with Gasteiger partial charge >= 0.3 is 0 Å². The predicted molar refractivity (Wildman–Crippen MR) is 69.7 cm³/mol. The summed E-state index contributed by atoms with van der Waals surface area (Å²) in [5.74, 6) is 1.34. The van der Waals surface area contributed by atoms with Crippen molar-refractivity contribution in [2.24, 2.45) is 0 Å². The highest BCUT2D eigenvalue weighted by Crippen LogP contribution is 2.16. The number of aromatic nitrogens is 2. The third-order valence-corrected chi connectivity index (χ3v) is 3.45. The summed E-state index contributed by atoms with van der Waals surface area (Å²) >= 11 is 1.45. The quantitative estimate of drug-likeness (QED) is 0.863. The first-order valence-corrected chi connectivity index (χ1v) is 6.90. The SMILES string of the molecule is CC(C)c1nsc(NCCN2CCOCC2)n1. The molecule has 0 atom stereocenters. The van der Waals surface area contributed by atoms with Gasteiger partial charge in [-0.1, -0.05) is 13.8 Å². The number of nitrogens with one attached hydrogen (secondary N) is 1. The number of ether oxygens (including phenoxy) is 1. The average Bonchev–Trinajstić information content (AvgIpc) is 2.79. The third-order valence-electron chi connectivity index (χ3n) is 2.77. The smallest absolute Gasteiger partial charge is 0.202 e. The van der Waals surface area contributed by atoms with Crippen LogP contribution in [0.4, 0.5) is 5.13 Å². The van der Waals surface area contributed by atoms with Crippen molar-refractivity contribution >= 4 is 16.7 Å². The summed E-state index contributed by atoms with van der Waals surface area (Å²) in [6, 6.07) is 0. The van der Waals surface area contributed by atoms with E-state index in [1.54, 1.807) is 0 Å². The minimum absolute atomic E-state index is 0.404. The molecule has 1 aromatic heterocycles. The second kappa shape index (κ2) is 6.28. The van der Waals surface area contributed by atoms with Crippen LogP contribution in [-0.4, -0.2) is 53.7 Å². The largest absolute Gasteiger partial charge is 0.379 e. The van der Waals surface area contributed by atoms with E-state index in [0.717, 1.165) is 50.3 Å². The van der Waals surface area contributed by atoms with Crippen LogP contribution in [0.2, 0.25) is 0 Å². The number of nitrogens with zero attached hydrogens (tertiary/aromatic N) is 3. The Balaban J connectivity index is 1.70. The zero-order valence-electron chi connectivity index (χ0n) is 10.5. The maximum absolute atomic E-state index is 5.31. The second-order valence-corrected chi connectivity index (χ2v) is 5.25. The second-order valence-electron chi connectivity index (χ2n) is 4.49. The van der Waals surface area contributed by atoms with Gasteiger partial charge in [-0.05, 0) is 0 Å². The van der Waals surface area contributed by atoms with Crippen molar-refractivity contribution in [3.05, 3.63) is 5.82 Å². The van der Waals surface area contributed by atoms with E-state index in [1.165, 1.54) is 11.5 Å². The summed E-state index contributed by atoms with van der Waals surface area (Å²) in [6.45, 7) is 9.97. The van der Waals surface area contributed by atoms with Crippen molar-refractivity contribution in [2.75, 3.05) is 44.7 Å². The lowest BCUT2D eigenvalue weighted by Gasteiger charge is -2.26. The van der Waals surface area contributed by atoms with E-state index in [0.29, 0.717) is 5.92 Å². The van der Waals surface area contributed by atoms with E-state index in [2.05, 4.69) is 33.4 Å². The molecule has 1 saturated heterocycles. The van der Waals surface area contributed by atoms with E-state index in [1.807, 2.05) is 0 Å². The molecule has 1 fully saturated rings. The molecule has 0 radical (unpaired) electrons. The molecule has 1 aliphatic heterocycles. The zero-order valence-corrected chi connectivity index (χ0v) is 11.3. The molecule has 0 aliphatic carbocycles. The molecule has 1 aromatic rings. The molecule has 0 amide bonds. The fraction of sp³-hybridized carbons (Fsp3) is 0.818. The highest BCUT2D eigenvalue weighted by molar-refractivity contribution is 7.09. The van der Waals surface area contributed by atoms with Gasteiger partial charge < -0.3 is 10.1 Å². The molecule has 6 heteroatoms. The van der Waals surface area contributed by atoms with E-state index >= 15 is 0 Å². The zero-order chi connectivity index (χ0) is 12.1. The van der Waals surface area contributed by atoms with Crippen molar-refractivity contribution in [3.63, 3.8) is 0 Å². The van der Waals surface area contributed by atoms with Gasteiger partial charge in [0.25, 0.3) is 0 Å². The van der Waals surface area contributed by atoms with Gasteiger partial charge in [0.2, 0.25) is 5.13 Å². The summed E-state index contributed by atoms with van der Waals surface area (Å²) in [5, 5.41) is 4.26. The van der Waals surface area contributed by atoms with Crippen LogP contribution in [0, 0.1) is 0 Å².